The fourth-order valence-electron chi connectivity index (χ4n) is 4.76. The summed E-state index contributed by atoms with van der Waals surface area (Å²) in [6.45, 7) is 1.43. The van der Waals surface area contributed by atoms with Crippen LogP contribution in [0.4, 0.5) is 15.9 Å². The molecule has 0 bridgehead atoms. The van der Waals surface area contributed by atoms with Gasteiger partial charge in [-0.05, 0) is 35.9 Å². The third-order valence-corrected chi connectivity index (χ3v) is 7.73. The first-order chi connectivity index (χ1) is 17.3. The number of H-pyrrole nitrogens is 1. The predicted octanol–water partition coefficient (Wildman–Crippen LogP) is 2.92. The van der Waals surface area contributed by atoms with Crippen molar-refractivity contribution >= 4 is 38.2 Å². The van der Waals surface area contributed by atoms with Crippen LogP contribution < -0.4 is 9.80 Å². The summed E-state index contributed by atoms with van der Waals surface area (Å²) in [5.41, 5.74) is 2.39. The van der Waals surface area contributed by atoms with Crippen molar-refractivity contribution in [3.63, 3.8) is 0 Å². The number of amides is 1. The standard InChI is InChI=1S/C25H22FN5O4S/c1-36(33,34)16-4-2-15(3-5-16)13-31-20-12-28-23(18-6-7-19(26)22-17(18)8-9-27-22)29-24(20)30-10-11-35-14-21(30)25(31)32/h2-9,12,21,27H,10-11,13-14H2,1H3. The van der Waals surface area contributed by atoms with E-state index in [9.17, 15) is 17.6 Å². The first kappa shape index (κ1) is 22.6. The van der Waals surface area contributed by atoms with Crippen molar-refractivity contribution in [1.82, 2.24) is 15.0 Å². The minimum absolute atomic E-state index is 0.138. The SMILES string of the molecule is CS(=O)(=O)c1ccc(CN2C(=O)C3COCCN3c3nc(-c4ccc(F)c5[nH]ccc45)ncc32)cc1. The van der Waals surface area contributed by atoms with Gasteiger partial charge in [-0.2, -0.15) is 0 Å². The maximum atomic E-state index is 14.2. The van der Waals surface area contributed by atoms with E-state index in [1.54, 1.807) is 41.6 Å². The van der Waals surface area contributed by atoms with Gasteiger partial charge in [0, 0.05) is 29.9 Å². The number of nitrogens with zero attached hydrogens (tertiary/aromatic N) is 4. The zero-order valence-electron chi connectivity index (χ0n) is 19.3. The van der Waals surface area contributed by atoms with Gasteiger partial charge in [0.05, 0.1) is 36.4 Å². The number of benzene rings is 2. The van der Waals surface area contributed by atoms with Crippen molar-refractivity contribution < 1.29 is 22.3 Å². The molecular weight excluding hydrogens is 485 g/mol. The Hall–Kier alpha value is -3.83. The van der Waals surface area contributed by atoms with Crippen molar-refractivity contribution in [2.75, 3.05) is 35.8 Å². The van der Waals surface area contributed by atoms with E-state index in [4.69, 9.17) is 9.72 Å². The van der Waals surface area contributed by atoms with Gasteiger partial charge in [-0.3, -0.25) is 4.79 Å². The highest BCUT2D eigenvalue weighted by molar-refractivity contribution is 7.90. The van der Waals surface area contributed by atoms with Crippen molar-refractivity contribution in [3.05, 3.63) is 66.2 Å². The van der Waals surface area contributed by atoms with Crippen LogP contribution in [-0.2, 0) is 25.9 Å². The summed E-state index contributed by atoms with van der Waals surface area (Å²) in [6.07, 6.45) is 4.44. The van der Waals surface area contributed by atoms with Gasteiger partial charge in [0.2, 0.25) is 0 Å². The Labute approximate surface area is 206 Å². The lowest BCUT2D eigenvalue weighted by molar-refractivity contribution is -0.122. The maximum absolute atomic E-state index is 14.2. The van der Waals surface area contributed by atoms with Crippen LogP contribution in [0.25, 0.3) is 22.3 Å². The normalized spacial score (nSPS) is 17.8. The lowest BCUT2D eigenvalue weighted by Gasteiger charge is -2.44. The first-order valence-electron chi connectivity index (χ1n) is 11.4. The summed E-state index contributed by atoms with van der Waals surface area (Å²) in [7, 11) is -3.32. The number of sulfone groups is 1. The molecule has 1 atom stereocenters. The maximum Gasteiger partial charge on any atom is 0.252 e. The van der Waals surface area contributed by atoms with Gasteiger partial charge >= 0.3 is 0 Å². The van der Waals surface area contributed by atoms with Crippen LogP contribution in [0.1, 0.15) is 5.56 Å². The molecule has 0 spiro atoms. The average Bonchev–Trinajstić information content (AvgIpc) is 3.37. The number of fused-ring (bicyclic) bond motifs is 4. The Kier molecular flexibility index (Phi) is 5.27. The molecule has 0 radical (unpaired) electrons. The fourth-order valence-corrected chi connectivity index (χ4v) is 5.39. The van der Waals surface area contributed by atoms with E-state index in [2.05, 4.69) is 9.97 Å². The molecule has 1 N–H and O–H groups in total. The third-order valence-electron chi connectivity index (χ3n) is 6.60. The van der Waals surface area contributed by atoms with Crippen molar-refractivity contribution in [3.8, 4) is 11.4 Å². The molecule has 2 aliphatic heterocycles. The van der Waals surface area contributed by atoms with E-state index in [-0.39, 0.29) is 29.8 Å². The van der Waals surface area contributed by atoms with Gasteiger partial charge in [0.25, 0.3) is 5.91 Å². The number of anilines is 2. The molecule has 4 heterocycles. The van der Waals surface area contributed by atoms with Crippen molar-refractivity contribution in [2.24, 2.45) is 0 Å². The van der Waals surface area contributed by atoms with Crippen LogP contribution >= 0.6 is 0 Å². The van der Waals surface area contributed by atoms with Crippen LogP contribution in [0.5, 0.6) is 0 Å². The summed E-state index contributed by atoms with van der Waals surface area (Å²) in [6, 6.07) is 10.7. The number of carbonyl (C=O) groups excluding carboxylic acids is 1. The largest absolute Gasteiger partial charge is 0.377 e. The van der Waals surface area contributed by atoms with Crippen LogP contribution in [0.2, 0.25) is 0 Å². The van der Waals surface area contributed by atoms with Gasteiger partial charge in [0.1, 0.15) is 17.5 Å². The summed E-state index contributed by atoms with van der Waals surface area (Å²) in [5.74, 6) is 0.535. The first-order valence-corrected chi connectivity index (χ1v) is 13.3. The van der Waals surface area contributed by atoms with E-state index in [1.165, 1.54) is 18.2 Å². The second kappa shape index (κ2) is 8.38. The average molecular weight is 508 g/mol. The molecule has 9 nitrogen and oxygen atoms in total. The fraction of sp³-hybridized carbons (Fsp3) is 0.240. The Balaban J connectivity index is 1.43. The Bertz CT molecular complexity index is 1600. The minimum atomic E-state index is -3.32. The van der Waals surface area contributed by atoms with E-state index in [0.717, 1.165) is 11.8 Å². The second-order valence-electron chi connectivity index (χ2n) is 8.89. The van der Waals surface area contributed by atoms with Crippen LogP contribution in [0, 0.1) is 5.82 Å². The molecule has 2 aromatic heterocycles. The molecule has 1 amide bonds. The number of ether oxygens (including phenoxy) is 1. The molecule has 1 unspecified atom stereocenters. The lowest BCUT2D eigenvalue weighted by Crippen LogP contribution is -2.58. The zero-order valence-corrected chi connectivity index (χ0v) is 20.1. The number of halogens is 1. The molecule has 11 heteroatoms. The van der Waals surface area contributed by atoms with E-state index >= 15 is 0 Å². The summed E-state index contributed by atoms with van der Waals surface area (Å²) in [5, 5.41) is 0.670. The molecular formula is C25H22FN5O4S. The topological polar surface area (TPSA) is 108 Å². The Morgan fingerprint density at radius 3 is 2.75 bits per heavy atom. The number of hydrogen-bond acceptors (Lipinski definition) is 7. The number of carbonyl (C=O) groups is 1. The van der Waals surface area contributed by atoms with Crippen molar-refractivity contribution in [1.29, 1.82) is 0 Å². The van der Waals surface area contributed by atoms with Gasteiger partial charge in [-0.1, -0.05) is 12.1 Å². The zero-order chi connectivity index (χ0) is 25.0. The summed E-state index contributed by atoms with van der Waals surface area (Å²) >= 11 is 0. The van der Waals surface area contributed by atoms with Gasteiger partial charge < -0.3 is 19.5 Å². The van der Waals surface area contributed by atoms with Crippen LogP contribution in [-0.4, -0.2) is 61.3 Å². The molecule has 6 rings (SSSR count). The molecule has 1 fully saturated rings. The van der Waals surface area contributed by atoms with Crippen LogP contribution in [0.15, 0.2) is 59.8 Å². The number of aromatic nitrogens is 3. The molecule has 0 saturated carbocycles. The summed E-state index contributed by atoms with van der Waals surface area (Å²) < 4.78 is 43.5. The number of rotatable bonds is 4. The monoisotopic (exact) mass is 507 g/mol. The second-order valence-corrected chi connectivity index (χ2v) is 10.9. The molecule has 36 heavy (non-hydrogen) atoms. The van der Waals surface area contributed by atoms with E-state index in [0.29, 0.717) is 46.9 Å². The third kappa shape index (κ3) is 3.71. The smallest absolute Gasteiger partial charge is 0.252 e. The molecule has 4 aromatic rings. The number of hydrogen-bond donors (Lipinski definition) is 1. The number of nitrogens with one attached hydrogen (secondary N) is 1. The summed E-state index contributed by atoms with van der Waals surface area (Å²) in [4.78, 5) is 29.6. The predicted molar refractivity (Wildman–Crippen MR) is 132 cm³/mol. The Morgan fingerprint density at radius 1 is 1.17 bits per heavy atom. The van der Waals surface area contributed by atoms with E-state index < -0.39 is 15.9 Å². The van der Waals surface area contributed by atoms with E-state index in [1.807, 2.05) is 4.90 Å². The molecule has 1 saturated heterocycles. The molecule has 2 aromatic carbocycles. The van der Waals surface area contributed by atoms with Gasteiger partial charge in [-0.25, -0.2) is 22.8 Å². The molecule has 184 valence electrons. The van der Waals surface area contributed by atoms with Crippen LogP contribution in [0.3, 0.4) is 0 Å². The molecule has 0 aliphatic carbocycles. The highest BCUT2D eigenvalue weighted by Gasteiger charge is 2.41. The Morgan fingerprint density at radius 2 is 1.97 bits per heavy atom. The highest BCUT2D eigenvalue weighted by Crippen LogP contribution is 2.38. The minimum Gasteiger partial charge on any atom is -0.377 e. The highest BCUT2D eigenvalue weighted by atomic mass is 32.2. The van der Waals surface area contributed by atoms with Crippen molar-refractivity contribution in [2.45, 2.75) is 17.5 Å². The number of morpholine rings is 1. The molecule has 2 aliphatic rings. The quantitative estimate of drug-likeness (QED) is 0.452. The lowest BCUT2D eigenvalue weighted by atomic mass is 10.1. The van der Waals surface area contributed by atoms with Gasteiger partial charge in [-0.15, -0.1) is 0 Å². The number of aromatic amines is 1. The van der Waals surface area contributed by atoms with Gasteiger partial charge in [0.15, 0.2) is 21.5 Å².